The summed E-state index contributed by atoms with van der Waals surface area (Å²) in [6.07, 6.45) is 3.70. The summed E-state index contributed by atoms with van der Waals surface area (Å²) in [7, 11) is 1.44. The topological polar surface area (TPSA) is 54.1 Å². The number of aromatic amines is 1. The maximum absolute atomic E-state index is 11.4. The second-order valence-electron chi connectivity index (χ2n) is 3.71. The first kappa shape index (κ1) is 9.12. The van der Waals surface area contributed by atoms with Crippen molar-refractivity contribution >= 4 is 11.8 Å². The molecule has 1 aliphatic rings. The molecule has 2 N–H and O–H groups in total. The van der Waals surface area contributed by atoms with Crippen LogP contribution in [0.1, 0.15) is 12.8 Å². The van der Waals surface area contributed by atoms with Crippen molar-refractivity contribution in [2.45, 2.75) is 12.8 Å². The van der Waals surface area contributed by atoms with E-state index in [9.17, 15) is 4.79 Å². The van der Waals surface area contributed by atoms with E-state index in [1.165, 1.54) is 7.11 Å². The molecule has 0 bridgehead atoms. The molecule has 1 aromatic rings. The fraction of sp³-hybridized carbons (Fsp3) is 0.500. The normalized spacial score (nSPS) is 17.5. The standard InChI is InChI=1S/C10H14N2O2/c1-14-9(13)10(4-5-10)7-12-8-3-2-6-11-8/h2-3,6,11-12H,4-5,7H2,1H3. The van der Waals surface area contributed by atoms with Gasteiger partial charge in [-0.3, -0.25) is 4.79 Å². The Bertz CT molecular complexity index is 315. The van der Waals surface area contributed by atoms with Crippen molar-refractivity contribution in [2.24, 2.45) is 5.41 Å². The molecule has 1 saturated carbocycles. The van der Waals surface area contributed by atoms with Crippen LogP contribution in [-0.2, 0) is 9.53 Å². The average molecular weight is 194 g/mol. The van der Waals surface area contributed by atoms with E-state index in [0.717, 1.165) is 18.7 Å². The summed E-state index contributed by atoms with van der Waals surface area (Å²) >= 11 is 0. The summed E-state index contributed by atoms with van der Waals surface area (Å²) in [4.78, 5) is 14.4. The Morgan fingerprint density at radius 3 is 3.00 bits per heavy atom. The number of esters is 1. The lowest BCUT2D eigenvalue weighted by molar-refractivity contribution is -0.146. The van der Waals surface area contributed by atoms with E-state index in [1.54, 1.807) is 0 Å². The highest BCUT2D eigenvalue weighted by Gasteiger charge is 2.50. The van der Waals surface area contributed by atoms with Gasteiger partial charge in [-0.05, 0) is 25.0 Å². The molecule has 0 radical (unpaired) electrons. The summed E-state index contributed by atoms with van der Waals surface area (Å²) in [6.45, 7) is 0.653. The largest absolute Gasteiger partial charge is 0.469 e. The summed E-state index contributed by atoms with van der Waals surface area (Å²) in [5.74, 6) is 0.844. The molecule has 4 heteroatoms. The molecule has 0 unspecified atom stereocenters. The SMILES string of the molecule is COC(=O)C1(CNc2ccc[nH]2)CC1. The summed E-state index contributed by atoms with van der Waals surface area (Å²) in [5.41, 5.74) is -0.264. The molecular weight excluding hydrogens is 180 g/mol. The van der Waals surface area contributed by atoms with Crippen LogP contribution in [0, 0.1) is 5.41 Å². The van der Waals surface area contributed by atoms with E-state index in [-0.39, 0.29) is 11.4 Å². The van der Waals surface area contributed by atoms with Crippen LogP contribution < -0.4 is 5.32 Å². The fourth-order valence-corrected chi connectivity index (χ4v) is 1.53. The number of hydrogen-bond acceptors (Lipinski definition) is 3. The number of H-pyrrole nitrogens is 1. The second-order valence-corrected chi connectivity index (χ2v) is 3.71. The lowest BCUT2D eigenvalue weighted by atomic mass is 10.1. The molecule has 0 spiro atoms. The monoisotopic (exact) mass is 194 g/mol. The van der Waals surface area contributed by atoms with Gasteiger partial charge in [0.05, 0.1) is 12.5 Å². The van der Waals surface area contributed by atoms with E-state index in [1.807, 2.05) is 18.3 Å². The van der Waals surface area contributed by atoms with Gasteiger partial charge in [0.15, 0.2) is 0 Å². The smallest absolute Gasteiger partial charge is 0.313 e. The van der Waals surface area contributed by atoms with Crippen LogP contribution in [0.3, 0.4) is 0 Å². The quantitative estimate of drug-likeness (QED) is 0.712. The Morgan fingerprint density at radius 2 is 2.50 bits per heavy atom. The van der Waals surface area contributed by atoms with Crippen LogP contribution in [0.5, 0.6) is 0 Å². The number of carbonyl (C=O) groups excluding carboxylic acids is 1. The number of rotatable bonds is 4. The highest BCUT2D eigenvalue weighted by atomic mass is 16.5. The van der Waals surface area contributed by atoms with Crippen molar-refractivity contribution in [2.75, 3.05) is 19.0 Å². The molecule has 4 nitrogen and oxygen atoms in total. The molecule has 0 aliphatic heterocycles. The third-order valence-corrected chi connectivity index (χ3v) is 2.69. The van der Waals surface area contributed by atoms with Gasteiger partial charge in [-0.1, -0.05) is 0 Å². The van der Waals surface area contributed by atoms with E-state index in [0.29, 0.717) is 6.54 Å². The zero-order valence-electron chi connectivity index (χ0n) is 8.17. The third kappa shape index (κ3) is 1.60. The van der Waals surface area contributed by atoms with Crippen molar-refractivity contribution in [3.8, 4) is 0 Å². The van der Waals surface area contributed by atoms with Gasteiger partial charge < -0.3 is 15.0 Å². The van der Waals surface area contributed by atoms with Crippen LogP contribution >= 0.6 is 0 Å². The van der Waals surface area contributed by atoms with Crippen molar-refractivity contribution < 1.29 is 9.53 Å². The lowest BCUT2D eigenvalue weighted by Gasteiger charge is -2.13. The maximum Gasteiger partial charge on any atom is 0.313 e. The fourth-order valence-electron chi connectivity index (χ4n) is 1.53. The van der Waals surface area contributed by atoms with Crippen LogP contribution in [0.2, 0.25) is 0 Å². The van der Waals surface area contributed by atoms with Gasteiger partial charge in [0.1, 0.15) is 5.82 Å². The number of hydrogen-bond donors (Lipinski definition) is 2. The van der Waals surface area contributed by atoms with Gasteiger partial charge in [0.25, 0.3) is 0 Å². The van der Waals surface area contributed by atoms with E-state index in [2.05, 4.69) is 10.3 Å². The minimum atomic E-state index is -0.264. The van der Waals surface area contributed by atoms with E-state index >= 15 is 0 Å². The minimum absolute atomic E-state index is 0.100. The molecule has 1 aliphatic carbocycles. The summed E-state index contributed by atoms with van der Waals surface area (Å²) in [5, 5.41) is 3.19. The zero-order valence-corrected chi connectivity index (χ0v) is 8.17. The number of nitrogens with one attached hydrogen (secondary N) is 2. The van der Waals surface area contributed by atoms with Gasteiger partial charge in [-0.15, -0.1) is 0 Å². The molecule has 0 aromatic carbocycles. The molecule has 2 rings (SSSR count). The van der Waals surface area contributed by atoms with Crippen molar-refractivity contribution in [3.63, 3.8) is 0 Å². The van der Waals surface area contributed by atoms with Gasteiger partial charge in [0.2, 0.25) is 0 Å². The predicted molar refractivity (Wildman–Crippen MR) is 53.0 cm³/mol. The third-order valence-electron chi connectivity index (χ3n) is 2.69. The molecule has 0 saturated heterocycles. The highest BCUT2D eigenvalue weighted by Crippen LogP contribution is 2.46. The Balaban J connectivity index is 1.89. The average Bonchev–Trinajstić information content (AvgIpc) is 2.83. The number of ether oxygens (including phenoxy) is 1. The Kier molecular flexibility index (Phi) is 2.19. The van der Waals surface area contributed by atoms with E-state index < -0.39 is 0 Å². The Morgan fingerprint density at radius 1 is 1.71 bits per heavy atom. The van der Waals surface area contributed by atoms with Crippen molar-refractivity contribution in [1.82, 2.24) is 4.98 Å². The number of aromatic nitrogens is 1. The molecule has 76 valence electrons. The molecule has 14 heavy (non-hydrogen) atoms. The predicted octanol–water partition coefficient (Wildman–Crippen LogP) is 1.38. The van der Waals surface area contributed by atoms with Gasteiger partial charge in [-0.2, -0.15) is 0 Å². The lowest BCUT2D eigenvalue weighted by Crippen LogP contribution is -2.26. The molecule has 1 aromatic heterocycles. The first-order chi connectivity index (χ1) is 6.77. The first-order valence-electron chi connectivity index (χ1n) is 4.72. The Labute approximate surface area is 82.6 Å². The Hall–Kier alpha value is -1.45. The number of anilines is 1. The molecule has 0 atom stereocenters. The van der Waals surface area contributed by atoms with Crippen LogP contribution in [0.15, 0.2) is 18.3 Å². The number of methoxy groups -OCH3 is 1. The van der Waals surface area contributed by atoms with Gasteiger partial charge in [0, 0.05) is 12.7 Å². The number of carbonyl (C=O) groups is 1. The van der Waals surface area contributed by atoms with Crippen LogP contribution in [0.4, 0.5) is 5.82 Å². The minimum Gasteiger partial charge on any atom is -0.469 e. The summed E-state index contributed by atoms with van der Waals surface area (Å²) < 4.78 is 4.76. The summed E-state index contributed by atoms with van der Waals surface area (Å²) in [6, 6.07) is 3.85. The van der Waals surface area contributed by atoms with Gasteiger partial charge >= 0.3 is 5.97 Å². The van der Waals surface area contributed by atoms with Crippen molar-refractivity contribution in [3.05, 3.63) is 18.3 Å². The van der Waals surface area contributed by atoms with Crippen LogP contribution in [-0.4, -0.2) is 24.6 Å². The maximum atomic E-state index is 11.4. The second kappa shape index (κ2) is 3.36. The molecule has 1 heterocycles. The highest BCUT2D eigenvalue weighted by molar-refractivity contribution is 5.80. The van der Waals surface area contributed by atoms with E-state index in [4.69, 9.17) is 4.74 Å². The first-order valence-corrected chi connectivity index (χ1v) is 4.72. The molecular formula is C10H14N2O2. The molecule has 0 amide bonds. The van der Waals surface area contributed by atoms with Crippen molar-refractivity contribution in [1.29, 1.82) is 0 Å². The van der Waals surface area contributed by atoms with Gasteiger partial charge in [-0.25, -0.2) is 0 Å². The zero-order chi connectivity index (χ0) is 10.0. The van der Waals surface area contributed by atoms with Crippen LogP contribution in [0.25, 0.3) is 0 Å². The molecule has 1 fully saturated rings.